The van der Waals surface area contributed by atoms with E-state index in [-0.39, 0.29) is 0 Å². The van der Waals surface area contributed by atoms with Gasteiger partial charge in [0.2, 0.25) is 0 Å². The van der Waals surface area contributed by atoms with Gasteiger partial charge in [0.25, 0.3) is 0 Å². The second-order valence-corrected chi connectivity index (χ2v) is 11.7. The van der Waals surface area contributed by atoms with Gasteiger partial charge in [0.05, 0.1) is 5.60 Å². The van der Waals surface area contributed by atoms with Crippen LogP contribution in [0.1, 0.15) is 98.3 Å². The van der Waals surface area contributed by atoms with E-state index in [2.05, 4.69) is 26.8 Å². The minimum Gasteiger partial charge on any atom is -0.390 e. The second-order valence-electron chi connectivity index (χ2n) is 11.7. The van der Waals surface area contributed by atoms with Crippen molar-refractivity contribution in [2.24, 2.45) is 40.4 Å². The van der Waals surface area contributed by atoms with Crippen LogP contribution in [0.15, 0.2) is 11.6 Å². The lowest BCUT2D eigenvalue weighted by molar-refractivity contribution is -0.108. The van der Waals surface area contributed by atoms with E-state index in [0.29, 0.717) is 10.8 Å². The van der Waals surface area contributed by atoms with Gasteiger partial charge in [-0.25, -0.2) is 0 Å². The molecule has 3 unspecified atom stereocenters. The zero-order valence-electron chi connectivity index (χ0n) is 18.7. The van der Waals surface area contributed by atoms with Crippen LogP contribution in [0.25, 0.3) is 0 Å². The van der Waals surface area contributed by atoms with E-state index >= 15 is 0 Å². The Morgan fingerprint density at radius 3 is 2.68 bits per heavy atom. The van der Waals surface area contributed by atoms with Crippen LogP contribution >= 0.6 is 0 Å². The van der Waals surface area contributed by atoms with E-state index in [4.69, 9.17) is 0 Å². The Bertz CT molecular complexity index is 634. The smallest absolute Gasteiger partial charge is 0.119 e. The van der Waals surface area contributed by atoms with Gasteiger partial charge in [-0.1, -0.05) is 38.8 Å². The molecule has 3 saturated carbocycles. The molecule has 4 aliphatic rings. The fraction of sp³-hybridized carbons (Fsp3) is 0.885. The van der Waals surface area contributed by atoms with Crippen LogP contribution in [0.2, 0.25) is 0 Å². The van der Waals surface area contributed by atoms with Crippen LogP contribution in [0, 0.1) is 40.4 Å². The molecular weight excluding hydrogens is 344 g/mol. The number of hydrogen-bond donors (Lipinski definition) is 1. The van der Waals surface area contributed by atoms with Crippen LogP contribution in [0.5, 0.6) is 0 Å². The highest BCUT2D eigenvalue weighted by Gasteiger charge is 2.59. The van der Waals surface area contributed by atoms with Crippen LogP contribution in [0.3, 0.4) is 0 Å². The quantitative estimate of drug-likeness (QED) is 0.341. The number of unbranched alkanes of at least 4 members (excludes halogenated alkanes) is 1. The molecule has 0 aromatic heterocycles. The topological polar surface area (TPSA) is 37.3 Å². The van der Waals surface area contributed by atoms with Gasteiger partial charge in [-0.2, -0.15) is 0 Å². The summed E-state index contributed by atoms with van der Waals surface area (Å²) in [6, 6.07) is 0. The molecule has 158 valence electrons. The predicted molar refractivity (Wildman–Crippen MR) is 115 cm³/mol. The van der Waals surface area contributed by atoms with Gasteiger partial charge >= 0.3 is 0 Å². The molecule has 1 N–H and O–H groups in total. The van der Waals surface area contributed by atoms with Gasteiger partial charge in [-0.3, -0.25) is 0 Å². The first-order valence-corrected chi connectivity index (χ1v) is 12.1. The largest absolute Gasteiger partial charge is 0.390 e. The molecule has 28 heavy (non-hydrogen) atoms. The van der Waals surface area contributed by atoms with E-state index in [1.54, 1.807) is 5.57 Å². The molecule has 0 amide bonds. The number of aldehydes is 1. The summed E-state index contributed by atoms with van der Waals surface area (Å²) in [5, 5.41) is 10.6. The summed E-state index contributed by atoms with van der Waals surface area (Å²) in [4.78, 5) is 10.7. The van der Waals surface area contributed by atoms with Gasteiger partial charge in [0.1, 0.15) is 6.29 Å². The number of hydrogen-bond acceptors (Lipinski definition) is 2. The fourth-order valence-corrected chi connectivity index (χ4v) is 8.50. The van der Waals surface area contributed by atoms with Crippen LogP contribution in [0.4, 0.5) is 0 Å². The SMILES string of the molecule is C[C@H](CCCC=O)[C@H]1CCC2C3CC=C4C[C@@](C)(O)CC[C@]4(C)C3CC[C@@]21C. The van der Waals surface area contributed by atoms with Crippen molar-refractivity contribution in [3.63, 3.8) is 0 Å². The second kappa shape index (κ2) is 7.25. The molecule has 0 heterocycles. The molecule has 4 rings (SSSR count). The highest BCUT2D eigenvalue weighted by Crippen LogP contribution is 2.67. The third kappa shape index (κ3) is 3.22. The Morgan fingerprint density at radius 1 is 1.14 bits per heavy atom. The maximum Gasteiger partial charge on any atom is 0.119 e. The van der Waals surface area contributed by atoms with E-state index in [1.165, 1.54) is 44.9 Å². The van der Waals surface area contributed by atoms with Crippen molar-refractivity contribution in [1.29, 1.82) is 0 Å². The minimum atomic E-state index is -0.489. The molecule has 4 aliphatic carbocycles. The molecule has 0 saturated heterocycles. The first-order chi connectivity index (χ1) is 13.2. The van der Waals surface area contributed by atoms with Crippen molar-refractivity contribution < 1.29 is 9.90 Å². The fourth-order valence-electron chi connectivity index (χ4n) is 8.50. The third-order valence-electron chi connectivity index (χ3n) is 10.1. The summed E-state index contributed by atoms with van der Waals surface area (Å²) in [6.45, 7) is 9.64. The Kier molecular flexibility index (Phi) is 5.35. The van der Waals surface area contributed by atoms with E-state index in [9.17, 15) is 9.90 Å². The normalized spacial score (nSPS) is 48.8. The zero-order valence-corrected chi connectivity index (χ0v) is 18.7. The molecule has 0 aromatic rings. The Hall–Kier alpha value is -0.630. The number of allylic oxidation sites excluding steroid dienone is 1. The summed E-state index contributed by atoms with van der Waals surface area (Å²) >= 11 is 0. The Morgan fingerprint density at radius 2 is 1.93 bits per heavy atom. The van der Waals surface area contributed by atoms with E-state index in [1.807, 2.05) is 6.92 Å². The summed E-state index contributed by atoms with van der Waals surface area (Å²) in [6.07, 6.45) is 16.5. The number of fused-ring (bicyclic) bond motifs is 5. The predicted octanol–water partition coefficient (Wildman–Crippen LogP) is 6.32. The Labute approximate surface area is 172 Å². The van der Waals surface area contributed by atoms with Crippen LogP contribution in [-0.4, -0.2) is 17.0 Å². The molecule has 0 bridgehead atoms. The summed E-state index contributed by atoms with van der Waals surface area (Å²) in [7, 11) is 0. The van der Waals surface area contributed by atoms with Gasteiger partial charge < -0.3 is 9.90 Å². The summed E-state index contributed by atoms with van der Waals surface area (Å²) < 4.78 is 0. The molecular formula is C26H42O2. The number of aliphatic hydroxyl groups is 1. The zero-order chi connectivity index (χ0) is 20.2. The molecule has 0 spiro atoms. The first kappa shape index (κ1) is 20.6. The summed E-state index contributed by atoms with van der Waals surface area (Å²) in [5.74, 6) is 4.15. The van der Waals surface area contributed by atoms with Crippen LogP contribution in [-0.2, 0) is 4.79 Å². The lowest BCUT2D eigenvalue weighted by atomic mass is 9.46. The average molecular weight is 387 g/mol. The number of carbonyl (C=O) groups is 1. The lowest BCUT2D eigenvalue weighted by Gasteiger charge is -2.59. The van der Waals surface area contributed by atoms with Gasteiger partial charge in [0.15, 0.2) is 0 Å². The monoisotopic (exact) mass is 386 g/mol. The van der Waals surface area contributed by atoms with Gasteiger partial charge in [0, 0.05) is 6.42 Å². The highest BCUT2D eigenvalue weighted by molar-refractivity contribution is 5.48. The summed E-state index contributed by atoms with van der Waals surface area (Å²) in [5.41, 5.74) is 1.92. The molecule has 2 heteroatoms. The van der Waals surface area contributed by atoms with Crippen LogP contribution < -0.4 is 0 Å². The van der Waals surface area contributed by atoms with Crippen molar-refractivity contribution in [1.82, 2.24) is 0 Å². The first-order valence-electron chi connectivity index (χ1n) is 12.1. The van der Waals surface area contributed by atoms with E-state index in [0.717, 1.165) is 61.6 Å². The molecule has 3 fully saturated rings. The van der Waals surface area contributed by atoms with Gasteiger partial charge in [-0.15, -0.1) is 0 Å². The molecule has 0 aliphatic heterocycles. The Balaban J connectivity index is 1.53. The van der Waals surface area contributed by atoms with Gasteiger partial charge in [-0.05, 0) is 105 Å². The van der Waals surface area contributed by atoms with Crippen molar-refractivity contribution in [3.05, 3.63) is 11.6 Å². The minimum absolute atomic E-state index is 0.333. The number of carbonyl (C=O) groups excluding carboxylic acids is 1. The maximum atomic E-state index is 10.7. The van der Waals surface area contributed by atoms with E-state index < -0.39 is 5.60 Å². The van der Waals surface area contributed by atoms with Crippen molar-refractivity contribution in [2.45, 2.75) is 104 Å². The lowest BCUT2D eigenvalue weighted by Crippen LogP contribution is -2.52. The maximum absolute atomic E-state index is 10.7. The third-order valence-corrected chi connectivity index (χ3v) is 10.1. The highest BCUT2D eigenvalue weighted by atomic mass is 16.3. The average Bonchev–Trinajstić information content (AvgIpc) is 2.99. The molecule has 0 radical (unpaired) electrons. The standard InChI is InChI=1S/C26H42O2/c1-18(7-5-6-16-27)21-10-11-22-20-9-8-19-17-24(2,28)14-15-25(19,3)23(20)12-13-26(21,22)4/h8,16,18,20-23,28H,5-7,9-15,17H2,1-4H3/t18-,20?,21-,22?,23?,24+,25+,26-/m1/s1. The van der Waals surface area contributed by atoms with Crippen molar-refractivity contribution in [3.8, 4) is 0 Å². The molecule has 0 aromatic carbocycles. The van der Waals surface area contributed by atoms with Crippen molar-refractivity contribution >= 4 is 6.29 Å². The number of rotatable bonds is 5. The molecule has 2 nitrogen and oxygen atoms in total. The van der Waals surface area contributed by atoms with Crippen molar-refractivity contribution in [2.75, 3.05) is 0 Å². The molecule has 8 atom stereocenters.